The summed E-state index contributed by atoms with van der Waals surface area (Å²) in [6, 6.07) is 1.12. The van der Waals surface area contributed by atoms with Gasteiger partial charge in [0.15, 0.2) is 0 Å². The fourth-order valence-electron chi connectivity index (χ4n) is 1.34. The van der Waals surface area contributed by atoms with Gasteiger partial charge in [0.2, 0.25) is 0 Å². The standard InChI is InChI=1S/C10H11N5O2/c1-6(9-12-5-13-15-9)14-10(17)7-2-3-11-4-8(7)16/h2-6,16H,1H3,(H,14,17)(H,12,13,15). The number of carbonyl (C=O) groups excluding carboxylic acids is 1. The Hall–Kier alpha value is -2.44. The number of rotatable bonds is 3. The highest BCUT2D eigenvalue weighted by Crippen LogP contribution is 2.15. The summed E-state index contributed by atoms with van der Waals surface area (Å²) in [7, 11) is 0. The molecule has 1 atom stereocenters. The fraction of sp³-hybridized carbons (Fsp3) is 0.200. The summed E-state index contributed by atoms with van der Waals surface area (Å²) in [6.45, 7) is 1.76. The van der Waals surface area contributed by atoms with E-state index in [2.05, 4.69) is 25.5 Å². The van der Waals surface area contributed by atoms with Crippen LogP contribution in [-0.2, 0) is 0 Å². The number of aromatic amines is 1. The lowest BCUT2D eigenvalue weighted by atomic mass is 10.2. The van der Waals surface area contributed by atoms with Crippen molar-refractivity contribution in [2.45, 2.75) is 13.0 Å². The molecule has 1 unspecified atom stereocenters. The summed E-state index contributed by atoms with van der Waals surface area (Å²) in [4.78, 5) is 19.4. The van der Waals surface area contributed by atoms with Gasteiger partial charge in [0.25, 0.3) is 5.91 Å². The summed E-state index contributed by atoms with van der Waals surface area (Å²) < 4.78 is 0. The number of H-pyrrole nitrogens is 1. The molecule has 2 aromatic rings. The average Bonchev–Trinajstić information content (AvgIpc) is 2.82. The highest BCUT2D eigenvalue weighted by atomic mass is 16.3. The Morgan fingerprint density at radius 1 is 1.59 bits per heavy atom. The summed E-state index contributed by atoms with van der Waals surface area (Å²) in [5.41, 5.74) is 0.173. The fourth-order valence-corrected chi connectivity index (χ4v) is 1.34. The predicted octanol–water partition coefficient (Wildman–Crippen LogP) is 0.396. The zero-order valence-corrected chi connectivity index (χ0v) is 9.08. The van der Waals surface area contributed by atoms with Gasteiger partial charge in [-0.05, 0) is 13.0 Å². The maximum atomic E-state index is 11.8. The van der Waals surface area contributed by atoms with Crippen LogP contribution in [0, 0.1) is 0 Å². The smallest absolute Gasteiger partial charge is 0.255 e. The van der Waals surface area contributed by atoms with Crippen LogP contribution in [0.1, 0.15) is 29.1 Å². The van der Waals surface area contributed by atoms with Crippen molar-refractivity contribution in [3.63, 3.8) is 0 Å². The molecule has 2 heterocycles. The van der Waals surface area contributed by atoms with Crippen molar-refractivity contribution in [3.8, 4) is 5.75 Å². The monoisotopic (exact) mass is 233 g/mol. The Bertz CT molecular complexity index is 511. The number of pyridine rings is 1. The van der Waals surface area contributed by atoms with Crippen LogP contribution in [-0.4, -0.2) is 31.2 Å². The number of nitrogens with one attached hydrogen (secondary N) is 2. The van der Waals surface area contributed by atoms with E-state index in [4.69, 9.17) is 0 Å². The Balaban J connectivity index is 2.10. The molecular weight excluding hydrogens is 222 g/mol. The minimum atomic E-state index is -0.395. The molecule has 0 aliphatic heterocycles. The number of aromatic hydroxyl groups is 1. The summed E-state index contributed by atoms with van der Waals surface area (Å²) in [5.74, 6) is -0.00420. The van der Waals surface area contributed by atoms with Gasteiger partial charge in [-0.2, -0.15) is 5.10 Å². The molecule has 0 spiro atoms. The van der Waals surface area contributed by atoms with E-state index >= 15 is 0 Å². The minimum absolute atomic E-state index is 0.158. The lowest BCUT2D eigenvalue weighted by molar-refractivity contribution is 0.0935. The zero-order chi connectivity index (χ0) is 12.3. The van der Waals surface area contributed by atoms with Gasteiger partial charge in [-0.25, -0.2) is 4.98 Å². The largest absolute Gasteiger partial charge is 0.505 e. The average molecular weight is 233 g/mol. The first-order chi connectivity index (χ1) is 8.18. The van der Waals surface area contributed by atoms with Crippen LogP contribution in [0.15, 0.2) is 24.8 Å². The number of carbonyl (C=O) groups is 1. The molecule has 0 radical (unpaired) electrons. The molecule has 0 bridgehead atoms. The van der Waals surface area contributed by atoms with Crippen LogP contribution < -0.4 is 5.32 Å². The molecule has 0 saturated carbocycles. The first-order valence-corrected chi connectivity index (χ1v) is 4.97. The highest BCUT2D eigenvalue weighted by molar-refractivity contribution is 5.96. The molecule has 0 fully saturated rings. The molecule has 0 saturated heterocycles. The first-order valence-electron chi connectivity index (χ1n) is 4.97. The van der Waals surface area contributed by atoms with Crippen LogP contribution in [0.2, 0.25) is 0 Å². The van der Waals surface area contributed by atoms with Crippen LogP contribution in [0.5, 0.6) is 5.75 Å². The second kappa shape index (κ2) is 4.60. The van der Waals surface area contributed by atoms with Crippen molar-refractivity contribution in [1.29, 1.82) is 0 Å². The van der Waals surface area contributed by atoms with Gasteiger partial charge < -0.3 is 10.4 Å². The Labute approximate surface area is 96.9 Å². The number of aromatic nitrogens is 4. The topological polar surface area (TPSA) is 104 Å². The molecule has 0 aliphatic carbocycles. The number of nitrogens with zero attached hydrogens (tertiary/aromatic N) is 3. The maximum absolute atomic E-state index is 11.8. The van der Waals surface area contributed by atoms with Gasteiger partial charge in [-0.15, -0.1) is 0 Å². The van der Waals surface area contributed by atoms with Gasteiger partial charge >= 0.3 is 0 Å². The van der Waals surface area contributed by atoms with Gasteiger partial charge in [0, 0.05) is 6.20 Å². The van der Waals surface area contributed by atoms with Gasteiger partial charge in [-0.3, -0.25) is 14.9 Å². The second-order valence-electron chi connectivity index (χ2n) is 3.46. The van der Waals surface area contributed by atoms with Gasteiger partial charge in [-0.1, -0.05) is 0 Å². The highest BCUT2D eigenvalue weighted by Gasteiger charge is 2.15. The lowest BCUT2D eigenvalue weighted by Crippen LogP contribution is -2.27. The van der Waals surface area contributed by atoms with Crippen LogP contribution in [0.3, 0.4) is 0 Å². The van der Waals surface area contributed by atoms with Crippen molar-refractivity contribution in [2.75, 3.05) is 0 Å². The maximum Gasteiger partial charge on any atom is 0.255 e. The quantitative estimate of drug-likeness (QED) is 0.711. The first kappa shape index (κ1) is 11.1. The zero-order valence-electron chi connectivity index (χ0n) is 9.08. The third-order valence-corrected chi connectivity index (χ3v) is 2.24. The van der Waals surface area contributed by atoms with E-state index in [1.165, 1.54) is 24.8 Å². The Morgan fingerprint density at radius 2 is 2.41 bits per heavy atom. The molecule has 3 N–H and O–H groups in total. The van der Waals surface area contributed by atoms with Gasteiger partial charge in [0.1, 0.15) is 17.9 Å². The summed E-state index contributed by atoms with van der Waals surface area (Å²) in [5, 5.41) is 18.5. The van der Waals surface area contributed by atoms with Crippen molar-refractivity contribution >= 4 is 5.91 Å². The molecule has 0 aliphatic rings. The molecule has 88 valence electrons. The second-order valence-corrected chi connectivity index (χ2v) is 3.46. The third-order valence-electron chi connectivity index (χ3n) is 2.24. The molecule has 2 aromatic heterocycles. The van der Waals surface area contributed by atoms with E-state index < -0.39 is 5.91 Å². The Kier molecular flexibility index (Phi) is 2.99. The molecule has 7 heteroatoms. The number of hydrogen-bond donors (Lipinski definition) is 3. The molecule has 0 aromatic carbocycles. The van der Waals surface area contributed by atoms with E-state index in [-0.39, 0.29) is 17.4 Å². The molecule has 1 amide bonds. The normalized spacial score (nSPS) is 12.1. The number of hydrogen-bond acceptors (Lipinski definition) is 5. The minimum Gasteiger partial charge on any atom is -0.505 e. The summed E-state index contributed by atoms with van der Waals surface area (Å²) >= 11 is 0. The van der Waals surface area contributed by atoms with E-state index in [0.29, 0.717) is 5.82 Å². The van der Waals surface area contributed by atoms with Crippen LogP contribution in [0.25, 0.3) is 0 Å². The van der Waals surface area contributed by atoms with Crippen molar-refractivity contribution < 1.29 is 9.90 Å². The molecule has 2 rings (SSSR count). The lowest BCUT2D eigenvalue weighted by Gasteiger charge is -2.11. The van der Waals surface area contributed by atoms with Crippen molar-refractivity contribution in [3.05, 3.63) is 36.2 Å². The van der Waals surface area contributed by atoms with E-state index in [1.54, 1.807) is 6.92 Å². The van der Waals surface area contributed by atoms with Crippen LogP contribution >= 0.6 is 0 Å². The van der Waals surface area contributed by atoms with Crippen molar-refractivity contribution in [1.82, 2.24) is 25.5 Å². The SMILES string of the molecule is CC(NC(=O)c1ccncc1O)c1ncn[nH]1. The van der Waals surface area contributed by atoms with E-state index in [1.807, 2.05) is 0 Å². The third kappa shape index (κ3) is 2.39. The molecule has 7 nitrogen and oxygen atoms in total. The number of amides is 1. The Morgan fingerprint density at radius 3 is 3.06 bits per heavy atom. The molecular formula is C10H11N5O2. The predicted molar refractivity (Wildman–Crippen MR) is 58.2 cm³/mol. The van der Waals surface area contributed by atoms with E-state index in [0.717, 1.165) is 0 Å². The van der Waals surface area contributed by atoms with Gasteiger partial charge in [0.05, 0.1) is 17.8 Å². The van der Waals surface area contributed by atoms with Crippen molar-refractivity contribution in [2.24, 2.45) is 0 Å². The molecule has 17 heavy (non-hydrogen) atoms. The van der Waals surface area contributed by atoms with Crippen LogP contribution in [0.4, 0.5) is 0 Å². The summed E-state index contributed by atoms with van der Waals surface area (Å²) in [6.07, 6.45) is 4.02. The van der Waals surface area contributed by atoms with E-state index in [9.17, 15) is 9.90 Å².